The van der Waals surface area contributed by atoms with Crippen molar-refractivity contribution in [1.82, 2.24) is 5.32 Å². The lowest BCUT2D eigenvalue weighted by Gasteiger charge is -2.00. The molecule has 1 fully saturated rings. The Hall–Kier alpha value is 0.690. The number of aliphatic hydroxyl groups excluding tert-OH is 1. The first-order valence-corrected chi connectivity index (χ1v) is 3.25. The largest absolute Gasteiger partial charge is 0.391 e. The Labute approximate surface area is 63.2 Å². The molecule has 1 rings (SSSR count). The van der Waals surface area contributed by atoms with Gasteiger partial charge in [0.2, 0.25) is 0 Å². The molecule has 0 radical (unpaired) electrons. The predicted octanol–water partition coefficient (Wildman–Crippen LogP) is 0.136. The highest BCUT2D eigenvalue weighted by Gasteiger charge is 2.20. The number of nitrogens with one attached hydrogen (secondary N) is 1. The van der Waals surface area contributed by atoms with Crippen LogP contribution in [0.4, 0.5) is 0 Å². The number of hydrogen-bond acceptors (Lipinski definition) is 2. The molecule has 0 bridgehead atoms. The lowest BCUT2D eigenvalue weighted by atomic mass is 10.3. The second-order valence-electron chi connectivity index (χ2n) is 1.74. The van der Waals surface area contributed by atoms with Crippen molar-refractivity contribution in [1.29, 1.82) is 0 Å². The molecule has 50 valence electrons. The van der Waals surface area contributed by atoms with Crippen LogP contribution in [0.3, 0.4) is 0 Å². The van der Waals surface area contributed by atoms with Gasteiger partial charge in [-0.3, -0.25) is 0 Å². The lowest BCUT2D eigenvalue weighted by molar-refractivity contribution is 0.202. The van der Waals surface area contributed by atoms with Crippen LogP contribution in [-0.4, -0.2) is 29.1 Å². The molecule has 4 heteroatoms. The molecule has 1 heterocycles. The van der Waals surface area contributed by atoms with Crippen molar-refractivity contribution in [2.24, 2.45) is 0 Å². The molecule has 0 spiro atoms. The van der Waals surface area contributed by atoms with Crippen LogP contribution in [0.15, 0.2) is 0 Å². The maximum Gasteiger partial charge on any atom is 0.0801 e. The van der Waals surface area contributed by atoms with Crippen LogP contribution in [-0.2, 0) is 0 Å². The minimum atomic E-state index is -0.181. The maximum absolute atomic E-state index is 8.89. The van der Waals surface area contributed by atoms with E-state index in [0.717, 1.165) is 13.1 Å². The van der Waals surface area contributed by atoms with Crippen molar-refractivity contribution in [2.75, 3.05) is 13.1 Å². The van der Waals surface area contributed by atoms with Gasteiger partial charge in [0, 0.05) is 13.1 Å². The highest BCUT2D eigenvalue weighted by Crippen LogP contribution is 2.08. The summed E-state index contributed by atoms with van der Waals surface area (Å²) in [7, 11) is 0. The van der Waals surface area contributed by atoms with Crippen LogP contribution < -0.4 is 5.32 Å². The topological polar surface area (TPSA) is 32.3 Å². The van der Waals surface area contributed by atoms with E-state index in [2.05, 4.69) is 21.2 Å². The van der Waals surface area contributed by atoms with Gasteiger partial charge in [0.15, 0.2) is 0 Å². The molecule has 2 nitrogen and oxygen atoms in total. The molecule has 0 aromatic rings. The maximum atomic E-state index is 8.89. The molecule has 2 atom stereocenters. The number of aliphatic hydroxyl groups is 1. The lowest BCUT2D eigenvalue weighted by Crippen LogP contribution is -2.16. The van der Waals surface area contributed by atoms with Gasteiger partial charge in [-0.15, -0.1) is 12.4 Å². The molecule has 2 N–H and O–H groups in total. The first-order chi connectivity index (χ1) is 3.30. The highest BCUT2D eigenvalue weighted by atomic mass is 79.9. The molecule has 1 aliphatic heterocycles. The monoisotopic (exact) mass is 201 g/mol. The number of halogens is 2. The summed E-state index contributed by atoms with van der Waals surface area (Å²) in [4.78, 5) is 0.271. The molecular formula is C4H9BrClNO. The SMILES string of the molecule is Cl.OC1CNCC1Br. The van der Waals surface area contributed by atoms with Crippen LogP contribution in [0.1, 0.15) is 0 Å². The van der Waals surface area contributed by atoms with Gasteiger partial charge < -0.3 is 10.4 Å². The summed E-state index contributed by atoms with van der Waals surface area (Å²) >= 11 is 3.29. The third-order valence-electron chi connectivity index (χ3n) is 1.11. The fraction of sp³-hybridized carbons (Fsp3) is 1.00. The first-order valence-electron chi connectivity index (χ1n) is 2.33. The quantitative estimate of drug-likeness (QED) is 0.548. The van der Waals surface area contributed by atoms with Gasteiger partial charge in [-0.05, 0) is 0 Å². The third kappa shape index (κ3) is 1.90. The Morgan fingerprint density at radius 2 is 2.12 bits per heavy atom. The van der Waals surface area contributed by atoms with Crippen molar-refractivity contribution in [2.45, 2.75) is 10.9 Å². The van der Waals surface area contributed by atoms with Crippen LogP contribution in [0.2, 0.25) is 0 Å². The smallest absolute Gasteiger partial charge is 0.0801 e. The Morgan fingerprint density at radius 1 is 1.50 bits per heavy atom. The summed E-state index contributed by atoms with van der Waals surface area (Å²) in [5.41, 5.74) is 0. The zero-order valence-corrected chi connectivity index (χ0v) is 6.70. The molecule has 0 aromatic carbocycles. The fourth-order valence-corrected chi connectivity index (χ4v) is 1.05. The number of β-amino-alcohol motifs (C(OH)–C–C–N with tert-alkyl or cyclic N) is 1. The minimum Gasteiger partial charge on any atom is -0.391 e. The van der Waals surface area contributed by atoms with E-state index < -0.39 is 0 Å². The number of hydrogen-bond donors (Lipinski definition) is 2. The van der Waals surface area contributed by atoms with E-state index in [0.29, 0.717) is 0 Å². The van der Waals surface area contributed by atoms with Crippen LogP contribution in [0.5, 0.6) is 0 Å². The summed E-state index contributed by atoms with van der Waals surface area (Å²) in [6.07, 6.45) is -0.181. The zero-order chi connectivity index (χ0) is 5.28. The standard InChI is InChI=1S/C4H8BrNO.ClH/c5-3-1-6-2-4(3)7;/h3-4,6-7H,1-2H2;1H. The average molecular weight is 202 g/mol. The summed E-state index contributed by atoms with van der Waals surface area (Å²) in [5, 5.41) is 11.9. The Balaban J connectivity index is 0.000000490. The van der Waals surface area contributed by atoms with Crippen molar-refractivity contribution in [3.8, 4) is 0 Å². The van der Waals surface area contributed by atoms with E-state index in [-0.39, 0.29) is 23.3 Å². The van der Waals surface area contributed by atoms with E-state index >= 15 is 0 Å². The summed E-state index contributed by atoms with van der Waals surface area (Å²) < 4.78 is 0. The normalized spacial score (nSPS) is 36.8. The van der Waals surface area contributed by atoms with E-state index in [1.165, 1.54) is 0 Å². The molecule has 1 saturated heterocycles. The van der Waals surface area contributed by atoms with E-state index in [1.807, 2.05) is 0 Å². The van der Waals surface area contributed by atoms with Crippen LogP contribution in [0, 0.1) is 0 Å². The zero-order valence-electron chi connectivity index (χ0n) is 4.30. The average Bonchev–Trinajstić information content (AvgIpc) is 1.91. The molecule has 0 aromatic heterocycles. The molecule has 0 amide bonds. The first kappa shape index (κ1) is 8.69. The van der Waals surface area contributed by atoms with Gasteiger partial charge in [-0.1, -0.05) is 15.9 Å². The van der Waals surface area contributed by atoms with Crippen molar-refractivity contribution < 1.29 is 5.11 Å². The van der Waals surface area contributed by atoms with Gasteiger partial charge in [-0.2, -0.15) is 0 Å². The van der Waals surface area contributed by atoms with Crippen molar-refractivity contribution in [3.05, 3.63) is 0 Å². The van der Waals surface area contributed by atoms with Crippen LogP contribution in [0.25, 0.3) is 0 Å². The second-order valence-corrected chi connectivity index (χ2v) is 2.92. The summed E-state index contributed by atoms with van der Waals surface area (Å²) in [6.45, 7) is 1.62. The van der Waals surface area contributed by atoms with Gasteiger partial charge >= 0.3 is 0 Å². The van der Waals surface area contributed by atoms with Gasteiger partial charge in [0.1, 0.15) is 0 Å². The van der Waals surface area contributed by atoms with Gasteiger partial charge in [0.25, 0.3) is 0 Å². The Bertz CT molecular complexity index is 65.1. The number of rotatable bonds is 0. The highest BCUT2D eigenvalue weighted by molar-refractivity contribution is 9.09. The summed E-state index contributed by atoms with van der Waals surface area (Å²) in [6, 6.07) is 0. The number of alkyl halides is 1. The molecule has 0 aliphatic carbocycles. The van der Waals surface area contributed by atoms with E-state index in [4.69, 9.17) is 5.11 Å². The molecule has 1 aliphatic rings. The molecule has 0 saturated carbocycles. The molecule has 2 unspecified atom stereocenters. The Kier molecular flexibility index (Phi) is 3.98. The predicted molar refractivity (Wildman–Crippen MR) is 38.8 cm³/mol. The van der Waals surface area contributed by atoms with Crippen LogP contribution >= 0.6 is 28.3 Å². The van der Waals surface area contributed by atoms with E-state index in [9.17, 15) is 0 Å². The molecule has 8 heavy (non-hydrogen) atoms. The van der Waals surface area contributed by atoms with E-state index in [1.54, 1.807) is 0 Å². The van der Waals surface area contributed by atoms with Crippen molar-refractivity contribution >= 4 is 28.3 Å². The fourth-order valence-electron chi connectivity index (χ4n) is 0.633. The minimum absolute atomic E-state index is 0. The van der Waals surface area contributed by atoms with Gasteiger partial charge in [0.05, 0.1) is 10.9 Å². The van der Waals surface area contributed by atoms with Gasteiger partial charge in [-0.25, -0.2) is 0 Å². The summed E-state index contributed by atoms with van der Waals surface area (Å²) in [5.74, 6) is 0. The molecular weight excluding hydrogens is 193 g/mol. The van der Waals surface area contributed by atoms with Crippen molar-refractivity contribution in [3.63, 3.8) is 0 Å². The third-order valence-corrected chi connectivity index (χ3v) is 2.04. The second kappa shape index (κ2) is 3.67. The Morgan fingerprint density at radius 3 is 2.25 bits per heavy atom.